The zero-order chi connectivity index (χ0) is 13.8. The summed E-state index contributed by atoms with van der Waals surface area (Å²) in [5.74, 6) is -1.01. The Balaban J connectivity index is 2.83. The summed E-state index contributed by atoms with van der Waals surface area (Å²) in [5, 5.41) is 17.1. The zero-order valence-corrected chi connectivity index (χ0v) is 11.2. The maximum Gasteiger partial charge on any atom is 0.308 e. The Labute approximate surface area is 109 Å². The van der Waals surface area contributed by atoms with Crippen LogP contribution in [0.4, 0.5) is 0 Å². The third-order valence-electron chi connectivity index (χ3n) is 1.98. The lowest BCUT2D eigenvalue weighted by molar-refractivity contribution is -0.136. The number of nitrogens with one attached hydrogen (secondary N) is 1. The summed E-state index contributed by atoms with van der Waals surface area (Å²) >= 11 is 0.914. The Kier molecular flexibility index (Phi) is 4.84. The average molecular weight is 288 g/mol. The number of thiophene rings is 1. The Morgan fingerprint density at radius 3 is 2.83 bits per heavy atom. The number of carbonyl (C=O) groups is 1. The molecule has 2 N–H and O–H groups in total. The summed E-state index contributed by atoms with van der Waals surface area (Å²) in [4.78, 5) is 11.0. The van der Waals surface area contributed by atoms with Crippen LogP contribution in [0.15, 0.2) is 16.3 Å². The van der Waals surface area contributed by atoms with Gasteiger partial charge in [0.15, 0.2) is 0 Å². The van der Waals surface area contributed by atoms with Crippen molar-refractivity contribution >= 4 is 27.3 Å². The lowest BCUT2D eigenvalue weighted by Crippen LogP contribution is -2.31. The van der Waals surface area contributed by atoms with Gasteiger partial charge < -0.3 is 5.11 Å². The third-order valence-corrected chi connectivity index (χ3v) is 5.15. The second kappa shape index (κ2) is 5.95. The molecule has 1 atom stereocenters. The maximum absolute atomic E-state index is 11.9. The number of rotatable bonds is 6. The second-order valence-electron chi connectivity index (χ2n) is 3.68. The van der Waals surface area contributed by atoms with E-state index in [4.69, 9.17) is 10.4 Å². The minimum atomic E-state index is -3.67. The van der Waals surface area contributed by atoms with Crippen LogP contribution in [0.25, 0.3) is 0 Å². The zero-order valence-electron chi connectivity index (χ0n) is 9.58. The highest BCUT2D eigenvalue weighted by atomic mass is 32.2. The summed E-state index contributed by atoms with van der Waals surface area (Å²) in [7, 11) is -3.67. The smallest absolute Gasteiger partial charge is 0.308 e. The molecule has 1 heterocycles. The number of carboxylic acid groups (broad SMARTS) is 1. The standard InChI is InChI=1S/C10H12N2O4S2/c1-7(4-5-11)12-18(15,16)10-3-2-8(17-10)6-9(13)14/h2-3,7,12H,4,6H2,1H3,(H,13,14). The summed E-state index contributed by atoms with van der Waals surface area (Å²) < 4.78 is 26.1. The Hall–Kier alpha value is -1.43. The number of hydrogen-bond acceptors (Lipinski definition) is 5. The highest BCUT2D eigenvalue weighted by molar-refractivity contribution is 7.91. The first kappa shape index (κ1) is 14.6. The van der Waals surface area contributed by atoms with E-state index in [1.165, 1.54) is 12.1 Å². The molecular formula is C10H12N2O4S2. The number of carboxylic acids is 1. The average Bonchev–Trinajstić information content (AvgIpc) is 2.65. The van der Waals surface area contributed by atoms with Crippen molar-refractivity contribution in [1.29, 1.82) is 5.26 Å². The van der Waals surface area contributed by atoms with Crippen molar-refractivity contribution in [3.05, 3.63) is 17.0 Å². The lowest BCUT2D eigenvalue weighted by Gasteiger charge is -2.09. The molecule has 0 aliphatic heterocycles. The number of aliphatic carboxylic acids is 1. The molecule has 1 rings (SSSR count). The molecule has 0 fully saturated rings. The summed E-state index contributed by atoms with van der Waals surface area (Å²) in [6, 6.07) is 4.23. The van der Waals surface area contributed by atoms with E-state index in [0.717, 1.165) is 11.3 Å². The van der Waals surface area contributed by atoms with E-state index < -0.39 is 22.0 Å². The molecular weight excluding hydrogens is 276 g/mol. The molecule has 0 saturated heterocycles. The fraction of sp³-hybridized carbons (Fsp3) is 0.400. The predicted octanol–water partition coefficient (Wildman–Crippen LogP) is 0.956. The van der Waals surface area contributed by atoms with Gasteiger partial charge in [0, 0.05) is 10.9 Å². The van der Waals surface area contributed by atoms with Gasteiger partial charge in [0.05, 0.1) is 18.9 Å². The molecule has 1 aromatic heterocycles. The van der Waals surface area contributed by atoms with Gasteiger partial charge >= 0.3 is 5.97 Å². The van der Waals surface area contributed by atoms with E-state index >= 15 is 0 Å². The van der Waals surface area contributed by atoms with Crippen molar-refractivity contribution in [3.8, 4) is 6.07 Å². The van der Waals surface area contributed by atoms with Crippen LogP contribution < -0.4 is 4.72 Å². The lowest BCUT2D eigenvalue weighted by atomic mass is 10.3. The first-order valence-corrected chi connectivity index (χ1v) is 7.35. The van der Waals surface area contributed by atoms with Crippen molar-refractivity contribution in [3.63, 3.8) is 0 Å². The van der Waals surface area contributed by atoms with Crippen molar-refractivity contribution in [2.24, 2.45) is 0 Å². The van der Waals surface area contributed by atoms with Crippen molar-refractivity contribution in [2.75, 3.05) is 0 Å². The summed E-state index contributed by atoms with van der Waals surface area (Å²) in [6.45, 7) is 1.59. The van der Waals surface area contributed by atoms with Crippen LogP contribution in [-0.4, -0.2) is 25.5 Å². The molecule has 0 bridgehead atoms. The van der Waals surface area contributed by atoms with Crippen LogP contribution in [0.1, 0.15) is 18.2 Å². The van der Waals surface area contributed by atoms with Crippen LogP contribution in [0.2, 0.25) is 0 Å². The van der Waals surface area contributed by atoms with E-state index in [1.54, 1.807) is 6.92 Å². The molecule has 6 nitrogen and oxygen atoms in total. The molecule has 18 heavy (non-hydrogen) atoms. The fourth-order valence-corrected chi connectivity index (χ4v) is 3.86. The molecule has 1 aromatic rings. The van der Waals surface area contributed by atoms with Crippen molar-refractivity contribution in [1.82, 2.24) is 4.72 Å². The molecule has 1 unspecified atom stereocenters. The largest absolute Gasteiger partial charge is 0.481 e. The summed E-state index contributed by atoms with van der Waals surface area (Å²) in [6.07, 6.45) is -0.124. The van der Waals surface area contributed by atoms with Crippen LogP contribution in [0.5, 0.6) is 0 Å². The SMILES string of the molecule is CC(CC#N)NS(=O)(=O)c1ccc(CC(=O)O)s1. The minimum absolute atomic E-state index is 0.0588. The minimum Gasteiger partial charge on any atom is -0.481 e. The molecule has 0 aliphatic rings. The van der Waals surface area contributed by atoms with E-state index in [-0.39, 0.29) is 17.1 Å². The number of nitriles is 1. The van der Waals surface area contributed by atoms with Gasteiger partial charge in [-0.05, 0) is 19.1 Å². The second-order valence-corrected chi connectivity index (χ2v) is 6.78. The van der Waals surface area contributed by atoms with Gasteiger partial charge in [-0.2, -0.15) is 5.26 Å². The molecule has 0 radical (unpaired) electrons. The molecule has 0 aliphatic carbocycles. The van der Waals surface area contributed by atoms with Gasteiger partial charge in [-0.1, -0.05) is 0 Å². The van der Waals surface area contributed by atoms with Crippen molar-refractivity contribution < 1.29 is 18.3 Å². The monoisotopic (exact) mass is 288 g/mol. The predicted molar refractivity (Wildman–Crippen MR) is 65.7 cm³/mol. The number of sulfonamides is 1. The topological polar surface area (TPSA) is 107 Å². The van der Waals surface area contributed by atoms with E-state index in [9.17, 15) is 13.2 Å². The number of hydrogen-bond donors (Lipinski definition) is 2. The van der Waals surface area contributed by atoms with Gasteiger partial charge in [-0.3, -0.25) is 4.79 Å². The van der Waals surface area contributed by atoms with Gasteiger partial charge in [-0.15, -0.1) is 11.3 Å². The Morgan fingerprint density at radius 2 is 2.28 bits per heavy atom. The van der Waals surface area contributed by atoms with Crippen LogP contribution >= 0.6 is 11.3 Å². The first-order valence-electron chi connectivity index (χ1n) is 5.05. The highest BCUT2D eigenvalue weighted by Gasteiger charge is 2.19. The Bertz CT molecular complexity index is 571. The maximum atomic E-state index is 11.9. The van der Waals surface area contributed by atoms with Crippen LogP contribution in [0.3, 0.4) is 0 Å². The van der Waals surface area contributed by atoms with Gasteiger partial charge in [0.2, 0.25) is 10.0 Å². The number of nitrogens with zero attached hydrogens (tertiary/aromatic N) is 1. The highest BCUT2D eigenvalue weighted by Crippen LogP contribution is 2.22. The molecule has 0 spiro atoms. The van der Waals surface area contributed by atoms with Gasteiger partial charge in [0.1, 0.15) is 4.21 Å². The first-order chi connectivity index (χ1) is 8.35. The molecule has 0 amide bonds. The third kappa shape index (κ3) is 4.10. The van der Waals surface area contributed by atoms with Crippen LogP contribution in [0, 0.1) is 11.3 Å². The van der Waals surface area contributed by atoms with E-state index in [2.05, 4.69) is 4.72 Å². The fourth-order valence-electron chi connectivity index (χ4n) is 1.25. The normalized spacial score (nSPS) is 12.9. The van der Waals surface area contributed by atoms with Gasteiger partial charge in [0.25, 0.3) is 0 Å². The summed E-state index contributed by atoms with van der Waals surface area (Å²) in [5.41, 5.74) is 0. The molecule has 0 aromatic carbocycles. The molecule has 0 saturated carbocycles. The van der Waals surface area contributed by atoms with E-state index in [1.807, 2.05) is 6.07 Å². The molecule has 8 heteroatoms. The molecule has 98 valence electrons. The quantitative estimate of drug-likeness (QED) is 0.810. The Morgan fingerprint density at radius 1 is 1.61 bits per heavy atom. The van der Waals surface area contributed by atoms with Gasteiger partial charge in [-0.25, -0.2) is 13.1 Å². The van der Waals surface area contributed by atoms with Crippen molar-refractivity contribution in [2.45, 2.75) is 30.0 Å². The van der Waals surface area contributed by atoms with Crippen LogP contribution in [-0.2, 0) is 21.2 Å². The van der Waals surface area contributed by atoms with E-state index in [0.29, 0.717) is 4.88 Å².